The molecule has 2 nitrogen and oxygen atoms in total. The maximum absolute atomic E-state index is 11.0. The molecule has 0 aromatic carbocycles. The van der Waals surface area contributed by atoms with E-state index in [-0.39, 0.29) is 5.78 Å². The summed E-state index contributed by atoms with van der Waals surface area (Å²) in [5.41, 5.74) is 0.824. The number of carbonyl (C=O) groups excluding carboxylic acids is 1. The molecule has 0 atom stereocenters. The van der Waals surface area contributed by atoms with Crippen LogP contribution in [0.3, 0.4) is 0 Å². The van der Waals surface area contributed by atoms with Gasteiger partial charge in [-0.05, 0) is 26.3 Å². The van der Waals surface area contributed by atoms with E-state index >= 15 is 0 Å². The highest BCUT2D eigenvalue weighted by molar-refractivity contribution is 5.96. The van der Waals surface area contributed by atoms with Crippen LogP contribution in [0.5, 0.6) is 0 Å². The molecule has 0 aromatic rings. The lowest BCUT2D eigenvalue weighted by molar-refractivity contribution is -0.113. The summed E-state index contributed by atoms with van der Waals surface area (Å²) in [6, 6.07) is 0. The van der Waals surface area contributed by atoms with Crippen LogP contribution in [0.2, 0.25) is 0 Å². The molecule has 0 radical (unpaired) electrons. The molecule has 1 aliphatic rings. The molecule has 0 saturated heterocycles. The van der Waals surface area contributed by atoms with Crippen molar-refractivity contribution in [3.8, 4) is 0 Å². The first-order valence-corrected chi connectivity index (χ1v) is 4.39. The number of rotatable bonds is 1. The van der Waals surface area contributed by atoms with Crippen LogP contribution in [-0.2, 0) is 4.79 Å². The zero-order valence-corrected chi connectivity index (χ0v) is 7.47. The van der Waals surface area contributed by atoms with Gasteiger partial charge < -0.3 is 5.32 Å². The normalized spacial score (nSPS) is 25.9. The Bertz CT molecular complexity index is 216. The van der Waals surface area contributed by atoms with Crippen molar-refractivity contribution >= 4 is 5.78 Å². The van der Waals surface area contributed by atoms with Crippen molar-refractivity contribution in [2.45, 2.75) is 19.8 Å². The van der Waals surface area contributed by atoms with Crippen molar-refractivity contribution in [2.75, 3.05) is 13.1 Å². The van der Waals surface area contributed by atoms with E-state index in [9.17, 15) is 4.79 Å². The van der Waals surface area contributed by atoms with Crippen molar-refractivity contribution in [1.82, 2.24) is 5.32 Å². The molecule has 66 valence electrons. The smallest absolute Gasteiger partial charge is 0.159 e. The van der Waals surface area contributed by atoms with Crippen molar-refractivity contribution < 1.29 is 4.79 Å². The van der Waals surface area contributed by atoms with E-state index in [4.69, 9.17) is 0 Å². The lowest BCUT2D eigenvalue weighted by Gasteiger charge is -1.97. The maximum atomic E-state index is 11.0. The summed E-state index contributed by atoms with van der Waals surface area (Å²) < 4.78 is 0. The zero-order chi connectivity index (χ0) is 8.81. The van der Waals surface area contributed by atoms with E-state index < -0.39 is 0 Å². The molecule has 1 N–H and O–H groups in total. The quantitative estimate of drug-likeness (QED) is 0.637. The fourth-order valence-corrected chi connectivity index (χ4v) is 1.17. The summed E-state index contributed by atoms with van der Waals surface area (Å²) in [7, 11) is 0. The Morgan fingerprint density at radius 3 is 3.17 bits per heavy atom. The molecular formula is C10H15NO. The van der Waals surface area contributed by atoms with E-state index in [0.717, 1.165) is 31.5 Å². The topological polar surface area (TPSA) is 29.1 Å². The first kappa shape index (κ1) is 9.20. The monoisotopic (exact) mass is 165 g/mol. The largest absolute Gasteiger partial charge is 0.313 e. The average molecular weight is 165 g/mol. The summed E-state index contributed by atoms with van der Waals surface area (Å²) in [6.45, 7) is 3.44. The van der Waals surface area contributed by atoms with Crippen molar-refractivity contribution in [3.05, 3.63) is 23.8 Å². The first-order valence-electron chi connectivity index (χ1n) is 4.39. The Labute approximate surface area is 73.4 Å². The third-order valence-corrected chi connectivity index (χ3v) is 1.89. The predicted octanol–water partition coefficient (Wildman–Crippen LogP) is 1.44. The third kappa shape index (κ3) is 3.01. The third-order valence-electron chi connectivity index (χ3n) is 1.89. The maximum Gasteiger partial charge on any atom is 0.159 e. The molecule has 0 spiro atoms. The molecule has 0 fully saturated rings. The number of carbonyl (C=O) groups is 1. The molecule has 1 heterocycles. The van der Waals surface area contributed by atoms with Crippen LogP contribution in [0.4, 0.5) is 0 Å². The number of hydrogen-bond acceptors (Lipinski definition) is 2. The van der Waals surface area contributed by atoms with Crippen LogP contribution in [0, 0.1) is 0 Å². The minimum atomic E-state index is 0.148. The van der Waals surface area contributed by atoms with Crippen molar-refractivity contribution in [1.29, 1.82) is 0 Å². The molecule has 0 amide bonds. The van der Waals surface area contributed by atoms with Gasteiger partial charge in [0.15, 0.2) is 5.78 Å². The minimum Gasteiger partial charge on any atom is -0.313 e. The Morgan fingerprint density at radius 1 is 1.58 bits per heavy atom. The summed E-state index contributed by atoms with van der Waals surface area (Å²) in [4.78, 5) is 11.0. The Morgan fingerprint density at radius 2 is 2.42 bits per heavy atom. The number of ketones is 1. The van der Waals surface area contributed by atoms with Gasteiger partial charge in [0.25, 0.3) is 0 Å². The molecular weight excluding hydrogens is 150 g/mol. The molecule has 2 heteroatoms. The van der Waals surface area contributed by atoms with Crippen molar-refractivity contribution in [2.24, 2.45) is 0 Å². The van der Waals surface area contributed by atoms with Gasteiger partial charge in [0.1, 0.15) is 0 Å². The lowest BCUT2D eigenvalue weighted by Crippen LogP contribution is -2.15. The number of nitrogens with one attached hydrogen (secondary N) is 1. The highest BCUT2D eigenvalue weighted by Crippen LogP contribution is 2.02. The number of Topliss-reactive ketones (excluding diaryl/α,β-unsaturated/α-hetero) is 1. The second-order valence-corrected chi connectivity index (χ2v) is 2.96. The first-order chi connectivity index (χ1) is 5.80. The van der Waals surface area contributed by atoms with Gasteiger partial charge in [0.2, 0.25) is 0 Å². The van der Waals surface area contributed by atoms with Crippen LogP contribution in [0.25, 0.3) is 0 Å². The summed E-state index contributed by atoms with van der Waals surface area (Å²) in [5.74, 6) is 0.148. The molecule has 0 unspecified atom stereocenters. The molecule has 12 heavy (non-hydrogen) atoms. The Hall–Kier alpha value is -0.890. The molecule has 0 bridgehead atoms. The molecule has 0 aromatic heterocycles. The van der Waals surface area contributed by atoms with E-state index in [1.165, 1.54) is 0 Å². The zero-order valence-electron chi connectivity index (χ0n) is 7.47. The highest BCUT2D eigenvalue weighted by Gasteiger charge is 1.99. The van der Waals surface area contributed by atoms with E-state index in [1.54, 1.807) is 6.92 Å². The number of allylic oxidation sites excluding steroid dienone is 3. The van der Waals surface area contributed by atoms with Crippen LogP contribution >= 0.6 is 0 Å². The Balaban J connectivity index is 2.64. The molecule has 0 saturated carbocycles. The highest BCUT2D eigenvalue weighted by atomic mass is 16.1. The van der Waals surface area contributed by atoms with Crippen LogP contribution in [-0.4, -0.2) is 18.9 Å². The fraction of sp³-hybridized carbons (Fsp3) is 0.500. The van der Waals surface area contributed by atoms with Crippen LogP contribution < -0.4 is 5.32 Å². The van der Waals surface area contributed by atoms with Gasteiger partial charge in [-0.1, -0.05) is 18.2 Å². The van der Waals surface area contributed by atoms with Crippen molar-refractivity contribution in [3.63, 3.8) is 0 Å². The summed E-state index contributed by atoms with van der Waals surface area (Å²) >= 11 is 0. The van der Waals surface area contributed by atoms with Gasteiger partial charge in [-0.25, -0.2) is 0 Å². The van der Waals surface area contributed by atoms with Gasteiger partial charge in [0.05, 0.1) is 0 Å². The Kier molecular flexibility index (Phi) is 3.74. The van der Waals surface area contributed by atoms with Gasteiger partial charge in [-0.2, -0.15) is 0 Å². The molecule has 0 aliphatic carbocycles. The van der Waals surface area contributed by atoms with Crippen LogP contribution in [0.1, 0.15) is 19.8 Å². The SMILES string of the molecule is CC(=O)C1=C/CNCCC/C=C\1. The minimum absolute atomic E-state index is 0.148. The van der Waals surface area contributed by atoms with Crippen LogP contribution in [0.15, 0.2) is 23.8 Å². The fourth-order valence-electron chi connectivity index (χ4n) is 1.17. The average Bonchev–Trinajstić information content (AvgIpc) is 2.15. The van der Waals surface area contributed by atoms with E-state index in [0.29, 0.717) is 0 Å². The van der Waals surface area contributed by atoms with E-state index in [1.807, 2.05) is 12.2 Å². The summed E-state index contributed by atoms with van der Waals surface area (Å²) in [5, 5.41) is 3.24. The molecule has 1 rings (SSSR count). The lowest BCUT2D eigenvalue weighted by atomic mass is 10.1. The molecule has 1 aliphatic heterocycles. The second kappa shape index (κ2) is 4.88. The van der Waals surface area contributed by atoms with Gasteiger partial charge >= 0.3 is 0 Å². The van der Waals surface area contributed by atoms with E-state index in [2.05, 4.69) is 11.4 Å². The number of hydrogen-bond donors (Lipinski definition) is 1. The predicted molar refractivity (Wildman–Crippen MR) is 50.0 cm³/mol. The van der Waals surface area contributed by atoms with Gasteiger partial charge in [-0.3, -0.25) is 4.79 Å². The van der Waals surface area contributed by atoms with Gasteiger partial charge in [0, 0.05) is 12.1 Å². The standard InChI is InChI=1S/C10H15NO/c1-9(12)10-5-3-2-4-7-11-8-6-10/h3,5-6,11H,2,4,7-8H2,1H3/b5-3-,10-6+. The second-order valence-electron chi connectivity index (χ2n) is 2.96. The summed E-state index contributed by atoms with van der Waals surface area (Å²) in [6.07, 6.45) is 8.15. The van der Waals surface area contributed by atoms with Gasteiger partial charge in [-0.15, -0.1) is 0 Å².